The highest BCUT2D eigenvalue weighted by molar-refractivity contribution is 6.32. The molecule has 2 aromatic carbocycles. The van der Waals surface area contributed by atoms with Crippen molar-refractivity contribution < 1.29 is 36.3 Å². The fourth-order valence-corrected chi connectivity index (χ4v) is 3.50. The molecule has 36 heavy (non-hydrogen) atoms. The lowest BCUT2D eigenvalue weighted by atomic mass is 9.89. The van der Waals surface area contributed by atoms with Crippen LogP contribution >= 0.6 is 23.2 Å². The number of nitrogens with zero attached hydrogens (tertiary/aromatic N) is 3. The molecule has 1 aromatic heterocycles. The molecule has 0 radical (unpaired) electrons. The molecule has 1 unspecified atom stereocenters. The maximum absolute atomic E-state index is 14.4. The maximum atomic E-state index is 14.4. The molecular weight excluding hydrogens is 534 g/mol. The van der Waals surface area contributed by atoms with Crippen molar-refractivity contribution in [1.29, 1.82) is 0 Å². The third-order valence-electron chi connectivity index (χ3n) is 4.93. The Bertz CT molecular complexity index is 1250. The Balaban J connectivity index is 2.15. The van der Waals surface area contributed by atoms with Crippen molar-refractivity contribution in [3.8, 4) is 5.75 Å². The molecule has 2 atom stereocenters. The Hall–Kier alpha value is -3.51. The Kier molecular flexibility index (Phi) is 7.99. The quantitative estimate of drug-likeness (QED) is 0.307. The van der Waals surface area contributed by atoms with Gasteiger partial charge in [-0.2, -0.15) is 0 Å². The Morgan fingerprint density at radius 1 is 1.08 bits per heavy atom. The van der Waals surface area contributed by atoms with Gasteiger partial charge in [-0.1, -0.05) is 23.2 Å². The molecule has 190 valence electrons. The molecule has 0 aliphatic heterocycles. The number of benzene rings is 2. The van der Waals surface area contributed by atoms with Gasteiger partial charge in [-0.15, -0.1) is 13.2 Å². The van der Waals surface area contributed by atoms with E-state index in [4.69, 9.17) is 23.2 Å². The first-order valence-electron chi connectivity index (χ1n) is 9.83. The molecule has 1 heterocycles. The molecule has 0 saturated carbocycles. The van der Waals surface area contributed by atoms with E-state index < -0.39 is 40.9 Å². The lowest BCUT2D eigenvalue weighted by molar-refractivity contribution is -0.274. The van der Waals surface area contributed by atoms with E-state index in [1.165, 1.54) is 13.0 Å². The standard InChI is InChI=1S/C22H15Cl2F5N4O3/c1-21(12-9-30-11-31-10-12,20(35)32-17-7-2-13(23)8-16(17)25)33(19(34)18(24)26)14-3-5-15(6-4-14)36-22(27,28)29/h2-11,18H,1H3,(H,32,35)/t18?,21-/m1/s1. The van der Waals surface area contributed by atoms with Crippen molar-refractivity contribution in [3.05, 3.63) is 77.6 Å². The first-order chi connectivity index (χ1) is 16.8. The summed E-state index contributed by atoms with van der Waals surface area (Å²) in [6, 6.07) is 7.05. The van der Waals surface area contributed by atoms with Gasteiger partial charge in [-0.05, 0) is 49.4 Å². The van der Waals surface area contributed by atoms with Crippen molar-refractivity contribution in [3.63, 3.8) is 0 Å². The van der Waals surface area contributed by atoms with E-state index in [9.17, 15) is 31.5 Å². The van der Waals surface area contributed by atoms with Crippen molar-refractivity contribution in [2.45, 2.75) is 24.5 Å². The molecule has 0 aliphatic carbocycles. The fourth-order valence-electron chi connectivity index (χ4n) is 3.25. The Morgan fingerprint density at radius 3 is 2.22 bits per heavy atom. The van der Waals surface area contributed by atoms with Crippen molar-refractivity contribution in [1.82, 2.24) is 9.97 Å². The summed E-state index contributed by atoms with van der Waals surface area (Å²) in [7, 11) is 0. The summed E-state index contributed by atoms with van der Waals surface area (Å²) in [5.41, 5.74) is -5.47. The van der Waals surface area contributed by atoms with Gasteiger partial charge in [0.2, 0.25) is 0 Å². The van der Waals surface area contributed by atoms with Gasteiger partial charge in [0.15, 0.2) is 5.54 Å². The molecule has 0 bridgehead atoms. The summed E-state index contributed by atoms with van der Waals surface area (Å²) in [5, 5.41) is 2.35. The van der Waals surface area contributed by atoms with Gasteiger partial charge in [0.05, 0.1) is 5.69 Å². The van der Waals surface area contributed by atoms with Crippen molar-refractivity contribution in [2.24, 2.45) is 0 Å². The van der Waals surface area contributed by atoms with Gasteiger partial charge >= 0.3 is 6.36 Å². The summed E-state index contributed by atoms with van der Waals surface area (Å²) in [6.07, 6.45) is -1.58. The predicted octanol–water partition coefficient (Wildman–Crippen LogP) is 5.59. The number of carbonyl (C=O) groups excluding carboxylic acids is 2. The third-order valence-corrected chi connectivity index (χ3v) is 5.35. The molecule has 7 nitrogen and oxygen atoms in total. The van der Waals surface area contributed by atoms with Crippen LogP contribution in [0.3, 0.4) is 0 Å². The zero-order valence-electron chi connectivity index (χ0n) is 18.1. The van der Waals surface area contributed by atoms with Gasteiger partial charge in [0.1, 0.15) is 17.9 Å². The maximum Gasteiger partial charge on any atom is 0.573 e. The predicted molar refractivity (Wildman–Crippen MR) is 121 cm³/mol. The molecule has 14 heteroatoms. The van der Waals surface area contributed by atoms with Crippen LogP contribution in [0.1, 0.15) is 12.5 Å². The number of hydrogen-bond acceptors (Lipinski definition) is 5. The molecule has 0 fully saturated rings. The van der Waals surface area contributed by atoms with Crippen LogP contribution < -0.4 is 15.0 Å². The normalized spacial score (nSPS) is 13.9. The smallest absolute Gasteiger partial charge is 0.406 e. The highest BCUT2D eigenvalue weighted by Crippen LogP contribution is 2.37. The van der Waals surface area contributed by atoms with Gasteiger partial charge in [0, 0.05) is 28.7 Å². The second kappa shape index (κ2) is 10.6. The Labute approximate surface area is 210 Å². The summed E-state index contributed by atoms with van der Waals surface area (Å²) in [6.45, 7) is 1.17. The van der Waals surface area contributed by atoms with E-state index in [2.05, 4.69) is 20.0 Å². The van der Waals surface area contributed by atoms with Crippen LogP contribution in [0.2, 0.25) is 5.02 Å². The van der Waals surface area contributed by atoms with E-state index in [1.54, 1.807) is 0 Å². The number of alkyl halides is 5. The summed E-state index contributed by atoms with van der Waals surface area (Å²) < 4.78 is 70.0. The first-order valence-corrected chi connectivity index (χ1v) is 10.6. The zero-order valence-corrected chi connectivity index (χ0v) is 19.6. The van der Waals surface area contributed by atoms with Gasteiger partial charge < -0.3 is 10.1 Å². The number of nitrogens with one attached hydrogen (secondary N) is 1. The third kappa shape index (κ3) is 6.00. The minimum atomic E-state index is -4.99. The number of hydrogen-bond donors (Lipinski definition) is 1. The van der Waals surface area contributed by atoms with E-state index in [0.717, 1.165) is 55.1 Å². The average Bonchev–Trinajstić information content (AvgIpc) is 2.81. The van der Waals surface area contributed by atoms with Gasteiger partial charge in [-0.3, -0.25) is 14.5 Å². The van der Waals surface area contributed by atoms with Crippen LogP contribution in [-0.4, -0.2) is 33.8 Å². The second-order valence-electron chi connectivity index (χ2n) is 7.29. The Morgan fingerprint density at radius 2 is 1.69 bits per heavy atom. The summed E-state index contributed by atoms with van der Waals surface area (Å²) in [4.78, 5) is 34.7. The first kappa shape index (κ1) is 27.1. The number of rotatable bonds is 7. The van der Waals surface area contributed by atoms with Crippen LogP contribution in [0.15, 0.2) is 61.2 Å². The second-order valence-corrected chi connectivity index (χ2v) is 8.11. The summed E-state index contributed by atoms with van der Waals surface area (Å²) in [5.74, 6) is -4.05. The minimum Gasteiger partial charge on any atom is -0.406 e. The van der Waals surface area contributed by atoms with Crippen LogP contribution in [0, 0.1) is 5.82 Å². The fraction of sp³-hybridized carbons (Fsp3) is 0.182. The molecule has 3 aromatic rings. The number of ether oxygens (including phenoxy) is 1. The molecule has 1 N–H and O–H groups in total. The number of anilines is 2. The highest BCUT2D eigenvalue weighted by atomic mass is 35.5. The van der Waals surface area contributed by atoms with Crippen LogP contribution in [0.25, 0.3) is 0 Å². The van der Waals surface area contributed by atoms with Crippen LogP contribution in [0.4, 0.5) is 33.3 Å². The van der Waals surface area contributed by atoms with E-state index in [1.807, 2.05) is 0 Å². The SMILES string of the molecule is C[C@](C(=O)Nc1ccc(Cl)cc1F)(c1cncnc1)N(C(=O)C(F)Cl)c1ccc(OC(F)(F)F)cc1. The van der Waals surface area contributed by atoms with Crippen LogP contribution in [-0.2, 0) is 15.1 Å². The number of amides is 2. The van der Waals surface area contributed by atoms with E-state index in [-0.39, 0.29) is 22.0 Å². The molecule has 3 rings (SSSR count). The lowest BCUT2D eigenvalue weighted by Gasteiger charge is -2.40. The van der Waals surface area contributed by atoms with Gasteiger partial charge in [0.25, 0.3) is 17.4 Å². The largest absolute Gasteiger partial charge is 0.573 e. The molecule has 0 spiro atoms. The highest BCUT2D eigenvalue weighted by Gasteiger charge is 2.47. The number of aromatic nitrogens is 2. The summed E-state index contributed by atoms with van der Waals surface area (Å²) >= 11 is 11.2. The number of halogens is 7. The topological polar surface area (TPSA) is 84.4 Å². The lowest BCUT2D eigenvalue weighted by Crippen LogP contribution is -2.57. The van der Waals surface area contributed by atoms with Crippen LogP contribution in [0.5, 0.6) is 5.75 Å². The van der Waals surface area contributed by atoms with E-state index in [0.29, 0.717) is 4.90 Å². The molecule has 0 saturated heterocycles. The zero-order chi connectivity index (χ0) is 26.7. The van der Waals surface area contributed by atoms with E-state index >= 15 is 0 Å². The monoisotopic (exact) mass is 548 g/mol. The average molecular weight is 549 g/mol. The minimum absolute atomic E-state index is 0.0464. The van der Waals surface area contributed by atoms with Crippen molar-refractivity contribution in [2.75, 3.05) is 10.2 Å². The molecule has 2 amide bonds. The van der Waals surface area contributed by atoms with Gasteiger partial charge in [-0.25, -0.2) is 18.7 Å². The number of carbonyl (C=O) groups is 2. The molecular formula is C22H15Cl2F5N4O3. The van der Waals surface area contributed by atoms with Crippen molar-refractivity contribution >= 4 is 46.4 Å². The molecule has 0 aliphatic rings.